The number of hydrogen-bond acceptors (Lipinski definition) is 2. The number of nitrogens with zero attached hydrogens (tertiary/aromatic N) is 2. The Labute approximate surface area is 89.5 Å². The normalized spacial score (nSPS) is 20.1. The van der Waals surface area contributed by atoms with Gasteiger partial charge in [0, 0.05) is 18.4 Å². The number of carbonyl (C=O) groups is 1. The lowest BCUT2D eigenvalue weighted by Crippen LogP contribution is -2.12. The molecule has 0 amide bonds. The summed E-state index contributed by atoms with van der Waals surface area (Å²) >= 11 is 0. The van der Waals surface area contributed by atoms with Crippen LogP contribution in [-0.2, 0) is 6.42 Å². The summed E-state index contributed by atoms with van der Waals surface area (Å²) in [7, 11) is 0. The number of aromatic nitrogens is 2. The molecule has 1 heterocycles. The van der Waals surface area contributed by atoms with E-state index in [1.165, 1.54) is 18.7 Å². The maximum atomic E-state index is 11.8. The number of hydrogen-bond donors (Lipinski definition) is 0. The van der Waals surface area contributed by atoms with E-state index in [4.69, 9.17) is 0 Å². The monoisotopic (exact) mass is 204 g/mol. The third-order valence-electron chi connectivity index (χ3n) is 3.32. The summed E-state index contributed by atoms with van der Waals surface area (Å²) in [5.41, 5.74) is 1.96. The Morgan fingerprint density at radius 2 is 2.07 bits per heavy atom. The molecule has 3 nitrogen and oxygen atoms in total. The summed E-state index contributed by atoms with van der Waals surface area (Å²) in [5, 5.41) is 0. The Hall–Kier alpha value is -1.12. The first kappa shape index (κ1) is 9.13. The second kappa shape index (κ2) is 2.94. The second-order valence-corrected chi connectivity index (χ2v) is 4.93. The van der Waals surface area contributed by atoms with Crippen molar-refractivity contribution in [1.29, 1.82) is 0 Å². The lowest BCUT2D eigenvalue weighted by Gasteiger charge is -2.13. The summed E-state index contributed by atoms with van der Waals surface area (Å²) in [6, 6.07) is 0.360. The van der Waals surface area contributed by atoms with Crippen molar-refractivity contribution < 1.29 is 4.79 Å². The van der Waals surface area contributed by atoms with Gasteiger partial charge in [-0.05, 0) is 33.1 Å². The third kappa shape index (κ3) is 1.25. The quantitative estimate of drug-likeness (QED) is 0.741. The predicted molar refractivity (Wildman–Crippen MR) is 57.2 cm³/mol. The number of rotatable bonds is 2. The molecule has 2 aliphatic rings. The highest BCUT2D eigenvalue weighted by atomic mass is 16.1. The van der Waals surface area contributed by atoms with E-state index in [2.05, 4.69) is 23.4 Å². The van der Waals surface area contributed by atoms with Crippen LogP contribution in [0, 0.1) is 0 Å². The van der Waals surface area contributed by atoms with Crippen molar-refractivity contribution in [3.05, 3.63) is 17.2 Å². The van der Waals surface area contributed by atoms with E-state index in [1.54, 1.807) is 0 Å². The van der Waals surface area contributed by atoms with Crippen LogP contribution >= 0.6 is 0 Å². The molecular formula is C12H16N2O. The fraction of sp³-hybridized carbons (Fsp3) is 0.667. The summed E-state index contributed by atoms with van der Waals surface area (Å²) < 4.78 is 2.18. The molecule has 3 heteroatoms. The van der Waals surface area contributed by atoms with E-state index in [9.17, 15) is 4.79 Å². The standard InChI is InChI=1S/C12H16N2O/c1-7(2)14-11-9(5-6-10(11)15)13-12(14)8-3-4-8/h7-8H,3-6H2,1-2H3. The fourth-order valence-electron chi connectivity index (χ4n) is 2.47. The van der Waals surface area contributed by atoms with Crippen molar-refractivity contribution in [3.8, 4) is 0 Å². The van der Waals surface area contributed by atoms with Gasteiger partial charge in [-0.3, -0.25) is 4.79 Å². The fourth-order valence-corrected chi connectivity index (χ4v) is 2.47. The molecule has 80 valence electrons. The molecule has 0 spiro atoms. The molecule has 1 aromatic rings. The Kier molecular flexibility index (Phi) is 1.79. The number of ketones is 1. The zero-order valence-electron chi connectivity index (χ0n) is 9.29. The number of imidazole rings is 1. The number of carbonyl (C=O) groups excluding carboxylic acids is 1. The number of aryl methyl sites for hydroxylation is 1. The van der Waals surface area contributed by atoms with Crippen molar-refractivity contribution in [2.75, 3.05) is 0 Å². The summed E-state index contributed by atoms with van der Waals surface area (Å²) in [4.78, 5) is 16.5. The summed E-state index contributed by atoms with van der Waals surface area (Å²) in [6.45, 7) is 4.28. The number of Topliss-reactive ketones (excluding diaryl/α,β-unsaturated/α-hetero) is 1. The maximum absolute atomic E-state index is 11.8. The van der Waals surface area contributed by atoms with E-state index < -0.39 is 0 Å². The molecule has 1 saturated carbocycles. The first-order chi connectivity index (χ1) is 7.18. The molecule has 1 aromatic heterocycles. The van der Waals surface area contributed by atoms with Crippen molar-refractivity contribution >= 4 is 5.78 Å². The van der Waals surface area contributed by atoms with E-state index in [1.807, 2.05) is 0 Å². The van der Waals surface area contributed by atoms with Crippen molar-refractivity contribution in [3.63, 3.8) is 0 Å². The van der Waals surface area contributed by atoms with Crippen molar-refractivity contribution in [2.24, 2.45) is 0 Å². The highest BCUT2D eigenvalue weighted by Crippen LogP contribution is 2.42. The van der Waals surface area contributed by atoms with Gasteiger partial charge in [-0.15, -0.1) is 0 Å². The second-order valence-electron chi connectivity index (χ2n) is 4.93. The van der Waals surface area contributed by atoms with Gasteiger partial charge >= 0.3 is 0 Å². The lowest BCUT2D eigenvalue weighted by molar-refractivity contribution is 0.0984. The summed E-state index contributed by atoms with van der Waals surface area (Å²) in [5.74, 6) is 2.09. The Bertz CT molecular complexity index is 427. The molecule has 15 heavy (non-hydrogen) atoms. The zero-order chi connectivity index (χ0) is 10.6. The van der Waals surface area contributed by atoms with Gasteiger partial charge in [0.2, 0.25) is 0 Å². The van der Waals surface area contributed by atoms with E-state index >= 15 is 0 Å². The molecule has 0 N–H and O–H groups in total. The van der Waals surface area contributed by atoms with E-state index in [-0.39, 0.29) is 5.78 Å². The zero-order valence-corrected chi connectivity index (χ0v) is 9.29. The average Bonchev–Trinajstić information content (AvgIpc) is 2.86. The van der Waals surface area contributed by atoms with Gasteiger partial charge in [0.05, 0.1) is 5.69 Å². The molecule has 0 aliphatic heterocycles. The minimum absolute atomic E-state index is 0.290. The lowest BCUT2D eigenvalue weighted by atomic mass is 10.2. The van der Waals surface area contributed by atoms with Gasteiger partial charge in [-0.1, -0.05) is 0 Å². The molecule has 0 aromatic carbocycles. The molecule has 0 saturated heterocycles. The van der Waals surface area contributed by atoms with Gasteiger partial charge in [0.1, 0.15) is 11.5 Å². The highest BCUT2D eigenvalue weighted by molar-refractivity contribution is 5.98. The molecule has 0 radical (unpaired) electrons. The van der Waals surface area contributed by atoms with Crippen LogP contribution in [0.15, 0.2) is 0 Å². The minimum atomic E-state index is 0.290. The Morgan fingerprint density at radius 1 is 1.33 bits per heavy atom. The molecule has 1 fully saturated rings. The van der Waals surface area contributed by atoms with Crippen LogP contribution in [-0.4, -0.2) is 15.3 Å². The number of fused-ring (bicyclic) bond motifs is 1. The first-order valence-electron chi connectivity index (χ1n) is 5.82. The molecule has 0 unspecified atom stereocenters. The summed E-state index contributed by atoms with van der Waals surface area (Å²) in [6.07, 6.45) is 4.01. The Balaban J connectivity index is 2.17. The van der Waals surface area contributed by atoms with Crippen molar-refractivity contribution in [1.82, 2.24) is 9.55 Å². The minimum Gasteiger partial charge on any atom is -0.323 e. The van der Waals surface area contributed by atoms with E-state index in [0.29, 0.717) is 18.4 Å². The van der Waals surface area contributed by atoms with Crippen LogP contribution in [0.1, 0.15) is 67.1 Å². The molecule has 0 bridgehead atoms. The Morgan fingerprint density at radius 3 is 2.67 bits per heavy atom. The third-order valence-corrected chi connectivity index (χ3v) is 3.32. The molecular weight excluding hydrogens is 188 g/mol. The highest BCUT2D eigenvalue weighted by Gasteiger charge is 2.35. The van der Waals surface area contributed by atoms with Gasteiger partial charge in [0.25, 0.3) is 0 Å². The smallest absolute Gasteiger partial charge is 0.181 e. The maximum Gasteiger partial charge on any atom is 0.181 e. The molecule has 3 rings (SSSR count). The van der Waals surface area contributed by atoms with Crippen LogP contribution in [0.2, 0.25) is 0 Å². The van der Waals surface area contributed by atoms with Crippen LogP contribution < -0.4 is 0 Å². The first-order valence-corrected chi connectivity index (χ1v) is 5.82. The van der Waals surface area contributed by atoms with Gasteiger partial charge in [-0.2, -0.15) is 0 Å². The average molecular weight is 204 g/mol. The molecule has 0 atom stereocenters. The van der Waals surface area contributed by atoms with Crippen molar-refractivity contribution in [2.45, 2.75) is 51.5 Å². The van der Waals surface area contributed by atoms with Crippen LogP contribution in [0.3, 0.4) is 0 Å². The van der Waals surface area contributed by atoms with Gasteiger partial charge in [-0.25, -0.2) is 4.98 Å². The van der Waals surface area contributed by atoms with Crippen LogP contribution in [0.5, 0.6) is 0 Å². The van der Waals surface area contributed by atoms with Gasteiger partial charge < -0.3 is 4.57 Å². The SMILES string of the molecule is CC(C)n1c(C2CC2)nc2c1C(=O)CC2. The largest absolute Gasteiger partial charge is 0.323 e. The molecule has 2 aliphatic carbocycles. The van der Waals surface area contributed by atoms with Gasteiger partial charge in [0.15, 0.2) is 5.78 Å². The van der Waals surface area contributed by atoms with Crippen LogP contribution in [0.25, 0.3) is 0 Å². The predicted octanol–water partition coefficient (Wildman–Crippen LogP) is 2.47. The van der Waals surface area contributed by atoms with Crippen LogP contribution in [0.4, 0.5) is 0 Å². The van der Waals surface area contributed by atoms with E-state index in [0.717, 1.165) is 17.8 Å². The topological polar surface area (TPSA) is 34.9 Å².